The highest BCUT2D eigenvalue weighted by Gasteiger charge is 2.04. The maximum absolute atomic E-state index is 9.78. The minimum Gasteiger partial charge on any atom is -0.393 e. The Labute approximate surface area is 120 Å². The highest BCUT2D eigenvalue weighted by molar-refractivity contribution is 4.58. The average molecular weight is 272 g/mol. The van der Waals surface area contributed by atoms with Gasteiger partial charge in [-0.3, -0.25) is 0 Å². The van der Waals surface area contributed by atoms with Gasteiger partial charge in [0.05, 0.1) is 12.2 Å². The summed E-state index contributed by atoms with van der Waals surface area (Å²) in [5.74, 6) is 0. The summed E-state index contributed by atoms with van der Waals surface area (Å²) < 4.78 is 0. The summed E-state index contributed by atoms with van der Waals surface area (Å²) in [7, 11) is 0. The molecule has 116 valence electrons. The van der Waals surface area contributed by atoms with Gasteiger partial charge >= 0.3 is 0 Å². The van der Waals surface area contributed by atoms with Crippen LogP contribution in [0.1, 0.15) is 97.3 Å². The van der Waals surface area contributed by atoms with Crippen LogP contribution in [0.4, 0.5) is 0 Å². The van der Waals surface area contributed by atoms with Crippen molar-refractivity contribution in [2.24, 2.45) is 0 Å². The molecule has 0 radical (unpaired) electrons. The quantitative estimate of drug-likeness (QED) is 0.445. The van der Waals surface area contributed by atoms with Gasteiger partial charge in [0.15, 0.2) is 0 Å². The zero-order valence-electron chi connectivity index (χ0n) is 13.2. The molecule has 0 amide bonds. The summed E-state index contributed by atoms with van der Waals surface area (Å²) in [5.41, 5.74) is 0. The first-order valence-electron chi connectivity index (χ1n) is 8.53. The SMILES string of the molecule is CCCCCCCCCCCC(O)CCCC(C)O. The van der Waals surface area contributed by atoms with Crippen LogP contribution in [0.3, 0.4) is 0 Å². The van der Waals surface area contributed by atoms with Crippen molar-refractivity contribution in [2.75, 3.05) is 0 Å². The Morgan fingerprint density at radius 2 is 1.11 bits per heavy atom. The van der Waals surface area contributed by atoms with E-state index in [1.165, 1.54) is 51.4 Å². The molecule has 2 nitrogen and oxygen atoms in total. The summed E-state index contributed by atoms with van der Waals surface area (Å²) in [5, 5.41) is 18.9. The molecular weight excluding hydrogens is 236 g/mol. The van der Waals surface area contributed by atoms with Crippen LogP contribution in [-0.2, 0) is 0 Å². The summed E-state index contributed by atoms with van der Waals surface area (Å²) in [4.78, 5) is 0. The Hall–Kier alpha value is -0.0800. The van der Waals surface area contributed by atoms with E-state index in [2.05, 4.69) is 6.92 Å². The fraction of sp³-hybridized carbons (Fsp3) is 1.00. The Bertz CT molecular complexity index is 169. The minimum absolute atomic E-state index is 0.150. The van der Waals surface area contributed by atoms with Gasteiger partial charge in [0.1, 0.15) is 0 Å². The molecule has 0 aromatic rings. The first-order valence-corrected chi connectivity index (χ1v) is 8.53. The van der Waals surface area contributed by atoms with E-state index in [-0.39, 0.29) is 12.2 Å². The molecule has 0 heterocycles. The van der Waals surface area contributed by atoms with Gasteiger partial charge in [0, 0.05) is 0 Å². The minimum atomic E-state index is -0.222. The van der Waals surface area contributed by atoms with Gasteiger partial charge < -0.3 is 10.2 Å². The van der Waals surface area contributed by atoms with Gasteiger partial charge in [-0.05, 0) is 32.6 Å². The molecule has 0 saturated carbocycles. The summed E-state index contributed by atoms with van der Waals surface area (Å²) in [6.07, 6.45) is 15.2. The third-order valence-electron chi connectivity index (χ3n) is 3.80. The van der Waals surface area contributed by atoms with Gasteiger partial charge in [-0.2, -0.15) is 0 Å². The van der Waals surface area contributed by atoms with E-state index >= 15 is 0 Å². The number of unbranched alkanes of at least 4 members (excludes halogenated alkanes) is 8. The standard InChI is InChI=1S/C17H36O2/c1-3-4-5-6-7-8-9-10-11-14-17(19)15-12-13-16(2)18/h16-19H,3-15H2,1-2H3. The first kappa shape index (κ1) is 18.9. The summed E-state index contributed by atoms with van der Waals surface area (Å²) >= 11 is 0. The molecule has 0 aliphatic carbocycles. The van der Waals surface area contributed by atoms with E-state index in [1.807, 2.05) is 6.92 Å². The van der Waals surface area contributed by atoms with Gasteiger partial charge in [0.2, 0.25) is 0 Å². The molecule has 0 bridgehead atoms. The monoisotopic (exact) mass is 272 g/mol. The molecule has 0 aliphatic heterocycles. The smallest absolute Gasteiger partial charge is 0.0540 e. The summed E-state index contributed by atoms with van der Waals surface area (Å²) in [6, 6.07) is 0. The van der Waals surface area contributed by atoms with Crippen molar-refractivity contribution in [3.8, 4) is 0 Å². The molecule has 19 heavy (non-hydrogen) atoms. The molecule has 0 aromatic heterocycles. The second kappa shape index (κ2) is 14.3. The lowest BCUT2D eigenvalue weighted by Crippen LogP contribution is -2.08. The number of hydrogen-bond donors (Lipinski definition) is 2. The molecule has 2 N–H and O–H groups in total. The Morgan fingerprint density at radius 1 is 0.632 bits per heavy atom. The molecule has 2 heteroatoms. The molecule has 2 unspecified atom stereocenters. The van der Waals surface area contributed by atoms with Gasteiger partial charge in [-0.25, -0.2) is 0 Å². The van der Waals surface area contributed by atoms with Crippen LogP contribution < -0.4 is 0 Å². The molecule has 0 aliphatic rings. The van der Waals surface area contributed by atoms with Crippen molar-refractivity contribution < 1.29 is 10.2 Å². The number of hydrogen-bond acceptors (Lipinski definition) is 2. The number of rotatable bonds is 14. The lowest BCUT2D eigenvalue weighted by Gasteiger charge is -2.11. The van der Waals surface area contributed by atoms with Crippen molar-refractivity contribution >= 4 is 0 Å². The second-order valence-corrected chi connectivity index (χ2v) is 6.05. The Morgan fingerprint density at radius 3 is 1.63 bits per heavy atom. The number of aliphatic hydroxyl groups excluding tert-OH is 2. The van der Waals surface area contributed by atoms with Crippen LogP contribution in [0, 0.1) is 0 Å². The van der Waals surface area contributed by atoms with Crippen molar-refractivity contribution in [2.45, 2.75) is 110 Å². The maximum atomic E-state index is 9.78. The molecule has 0 spiro atoms. The largest absolute Gasteiger partial charge is 0.393 e. The second-order valence-electron chi connectivity index (χ2n) is 6.05. The van der Waals surface area contributed by atoms with Crippen LogP contribution in [0.5, 0.6) is 0 Å². The third kappa shape index (κ3) is 15.9. The molecule has 0 rings (SSSR count). The topological polar surface area (TPSA) is 40.5 Å². The lowest BCUT2D eigenvalue weighted by molar-refractivity contribution is 0.133. The fourth-order valence-corrected chi connectivity index (χ4v) is 2.48. The Kier molecular flexibility index (Phi) is 14.3. The maximum Gasteiger partial charge on any atom is 0.0540 e. The van der Waals surface area contributed by atoms with E-state index in [0.717, 1.165) is 32.1 Å². The van der Waals surface area contributed by atoms with Crippen LogP contribution in [-0.4, -0.2) is 22.4 Å². The molecule has 0 saturated heterocycles. The van der Waals surface area contributed by atoms with Crippen LogP contribution in [0.25, 0.3) is 0 Å². The third-order valence-corrected chi connectivity index (χ3v) is 3.80. The van der Waals surface area contributed by atoms with E-state index in [1.54, 1.807) is 0 Å². The predicted molar refractivity (Wildman–Crippen MR) is 83.4 cm³/mol. The van der Waals surface area contributed by atoms with E-state index in [9.17, 15) is 5.11 Å². The Balaban J connectivity index is 3.12. The van der Waals surface area contributed by atoms with Crippen molar-refractivity contribution in [1.82, 2.24) is 0 Å². The fourth-order valence-electron chi connectivity index (χ4n) is 2.48. The zero-order valence-corrected chi connectivity index (χ0v) is 13.2. The highest BCUT2D eigenvalue weighted by atomic mass is 16.3. The molecule has 0 fully saturated rings. The number of aliphatic hydroxyl groups is 2. The van der Waals surface area contributed by atoms with Crippen molar-refractivity contribution in [3.05, 3.63) is 0 Å². The van der Waals surface area contributed by atoms with Crippen LogP contribution in [0.2, 0.25) is 0 Å². The van der Waals surface area contributed by atoms with Gasteiger partial charge in [-0.15, -0.1) is 0 Å². The lowest BCUT2D eigenvalue weighted by atomic mass is 10.0. The van der Waals surface area contributed by atoms with E-state index in [4.69, 9.17) is 5.11 Å². The van der Waals surface area contributed by atoms with Gasteiger partial charge in [0.25, 0.3) is 0 Å². The van der Waals surface area contributed by atoms with Crippen molar-refractivity contribution in [1.29, 1.82) is 0 Å². The normalized spacial score (nSPS) is 14.5. The van der Waals surface area contributed by atoms with E-state index < -0.39 is 0 Å². The van der Waals surface area contributed by atoms with Crippen LogP contribution >= 0.6 is 0 Å². The first-order chi connectivity index (χ1) is 9.16. The van der Waals surface area contributed by atoms with Crippen LogP contribution in [0.15, 0.2) is 0 Å². The summed E-state index contributed by atoms with van der Waals surface area (Å²) in [6.45, 7) is 4.07. The zero-order chi connectivity index (χ0) is 14.3. The van der Waals surface area contributed by atoms with Crippen molar-refractivity contribution in [3.63, 3.8) is 0 Å². The molecule has 0 aromatic carbocycles. The average Bonchev–Trinajstić information content (AvgIpc) is 2.36. The highest BCUT2D eigenvalue weighted by Crippen LogP contribution is 2.13. The van der Waals surface area contributed by atoms with E-state index in [0.29, 0.717) is 0 Å². The predicted octanol–water partition coefficient (Wildman–Crippen LogP) is 4.82. The van der Waals surface area contributed by atoms with Gasteiger partial charge in [-0.1, -0.05) is 64.7 Å². The molecular formula is C17H36O2. The molecule has 2 atom stereocenters.